The molecule has 194 valence electrons. The number of piperazine rings is 1. The molecule has 5 heterocycles. The highest BCUT2D eigenvalue weighted by atomic mass is 32.2. The van der Waals surface area contributed by atoms with Gasteiger partial charge in [-0.05, 0) is 49.2 Å². The van der Waals surface area contributed by atoms with E-state index < -0.39 is 15.7 Å². The Labute approximate surface area is 220 Å². The first-order chi connectivity index (χ1) is 18.3. The average molecular weight is 530 g/mol. The predicted molar refractivity (Wildman–Crippen MR) is 143 cm³/mol. The highest BCUT2D eigenvalue weighted by molar-refractivity contribution is 7.90. The minimum absolute atomic E-state index is 0.00705. The summed E-state index contributed by atoms with van der Waals surface area (Å²) < 4.78 is 23.5. The van der Waals surface area contributed by atoms with Crippen LogP contribution in [0, 0.1) is 0 Å². The van der Waals surface area contributed by atoms with Gasteiger partial charge in [-0.25, -0.2) is 18.4 Å². The van der Waals surface area contributed by atoms with Crippen LogP contribution in [0.25, 0.3) is 22.3 Å². The van der Waals surface area contributed by atoms with Crippen LogP contribution in [0.3, 0.4) is 0 Å². The second-order valence-electron chi connectivity index (χ2n) is 9.94. The number of amides is 1. The molecule has 0 radical (unpaired) electrons. The van der Waals surface area contributed by atoms with Crippen LogP contribution in [-0.2, 0) is 16.4 Å². The SMILES string of the molecule is CS(=O)(=O)c1cncc(C(=O)NCc2cc3nc(-c4cccc(N5CCNC6(CC6)C5)n4)ccc3cn2)c1. The van der Waals surface area contributed by atoms with Gasteiger partial charge < -0.3 is 15.5 Å². The molecule has 11 heteroatoms. The number of carbonyl (C=O) groups is 1. The van der Waals surface area contributed by atoms with E-state index in [4.69, 9.17) is 9.97 Å². The first-order valence-electron chi connectivity index (χ1n) is 12.4. The van der Waals surface area contributed by atoms with E-state index in [1.807, 2.05) is 30.3 Å². The summed E-state index contributed by atoms with van der Waals surface area (Å²) in [6, 6.07) is 13.1. The number of anilines is 1. The molecule has 2 aliphatic rings. The summed E-state index contributed by atoms with van der Waals surface area (Å²) in [6.45, 7) is 3.02. The number of fused-ring (bicyclic) bond motifs is 1. The zero-order chi connectivity index (χ0) is 26.3. The van der Waals surface area contributed by atoms with Gasteiger partial charge in [0.25, 0.3) is 5.91 Å². The van der Waals surface area contributed by atoms with Crippen molar-refractivity contribution in [1.29, 1.82) is 0 Å². The van der Waals surface area contributed by atoms with Crippen LogP contribution in [-0.4, -0.2) is 65.7 Å². The molecular formula is C27H27N7O3S. The van der Waals surface area contributed by atoms with Crippen molar-refractivity contribution >= 4 is 32.5 Å². The summed E-state index contributed by atoms with van der Waals surface area (Å²) in [7, 11) is -3.46. The molecule has 10 nitrogen and oxygen atoms in total. The van der Waals surface area contributed by atoms with Crippen molar-refractivity contribution < 1.29 is 13.2 Å². The van der Waals surface area contributed by atoms with E-state index in [0.29, 0.717) is 5.69 Å². The maximum absolute atomic E-state index is 12.6. The van der Waals surface area contributed by atoms with Gasteiger partial charge in [-0.15, -0.1) is 0 Å². The molecule has 2 N–H and O–H groups in total. The van der Waals surface area contributed by atoms with Gasteiger partial charge >= 0.3 is 0 Å². The minimum Gasteiger partial charge on any atom is -0.353 e. The normalized spacial score (nSPS) is 16.5. The zero-order valence-corrected chi connectivity index (χ0v) is 21.7. The van der Waals surface area contributed by atoms with Crippen LogP contribution in [0.1, 0.15) is 28.9 Å². The predicted octanol–water partition coefficient (Wildman–Crippen LogP) is 2.36. The average Bonchev–Trinajstić information content (AvgIpc) is 3.68. The Morgan fingerprint density at radius 1 is 1.08 bits per heavy atom. The van der Waals surface area contributed by atoms with Crippen LogP contribution < -0.4 is 15.5 Å². The number of nitrogens with one attached hydrogen (secondary N) is 2. The van der Waals surface area contributed by atoms with Crippen LogP contribution in [0.15, 0.2) is 66.0 Å². The second-order valence-corrected chi connectivity index (χ2v) is 12.0. The third kappa shape index (κ3) is 5.07. The first-order valence-corrected chi connectivity index (χ1v) is 14.3. The highest BCUT2D eigenvalue weighted by Crippen LogP contribution is 2.38. The van der Waals surface area contributed by atoms with Crippen LogP contribution in [0.2, 0.25) is 0 Å². The van der Waals surface area contributed by atoms with Crippen molar-refractivity contribution in [3.63, 3.8) is 0 Å². The quantitative estimate of drug-likeness (QED) is 0.387. The molecule has 0 atom stereocenters. The van der Waals surface area contributed by atoms with E-state index in [2.05, 4.69) is 31.6 Å². The fourth-order valence-corrected chi connectivity index (χ4v) is 5.29. The number of hydrogen-bond acceptors (Lipinski definition) is 9. The van der Waals surface area contributed by atoms with E-state index in [1.54, 1.807) is 6.20 Å². The third-order valence-electron chi connectivity index (χ3n) is 7.01. The van der Waals surface area contributed by atoms with E-state index in [0.717, 1.165) is 54.0 Å². The lowest BCUT2D eigenvalue weighted by Crippen LogP contribution is -2.52. The van der Waals surface area contributed by atoms with Gasteiger partial charge in [0, 0.05) is 55.4 Å². The Hall–Kier alpha value is -3.96. The van der Waals surface area contributed by atoms with Gasteiger partial charge in [-0.1, -0.05) is 6.07 Å². The summed E-state index contributed by atoms with van der Waals surface area (Å²) in [4.78, 5) is 33.0. The molecule has 38 heavy (non-hydrogen) atoms. The van der Waals surface area contributed by atoms with Crippen molar-refractivity contribution in [3.05, 3.63) is 72.3 Å². The first kappa shape index (κ1) is 24.4. The van der Waals surface area contributed by atoms with Crippen molar-refractivity contribution in [1.82, 2.24) is 30.6 Å². The molecule has 1 amide bonds. The number of hydrogen-bond donors (Lipinski definition) is 2. The summed E-state index contributed by atoms with van der Waals surface area (Å²) >= 11 is 0. The van der Waals surface area contributed by atoms with Gasteiger partial charge in [-0.2, -0.15) is 0 Å². The number of rotatable bonds is 6. The molecule has 4 aromatic heterocycles. The Morgan fingerprint density at radius 2 is 1.92 bits per heavy atom. The second kappa shape index (κ2) is 9.41. The smallest absolute Gasteiger partial charge is 0.253 e. The Kier molecular flexibility index (Phi) is 6.04. The fourth-order valence-electron chi connectivity index (χ4n) is 4.70. The molecule has 1 aliphatic heterocycles. The number of aromatic nitrogens is 4. The van der Waals surface area contributed by atoms with E-state index in [1.165, 1.54) is 31.3 Å². The lowest BCUT2D eigenvalue weighted by molar-refractivity contribution is 0.0950. The molecular weight excluding hydrogens is 502 g/mol. The molecule has 6 rings (SSSR count). The maximum atomic E-state index is 12.6. The lowest BCUT2D eigenvalue weighted by atomic mass is 10.1. The largest absolute Gasteiger partial charge is 0.353 e. The summed E-state index contributed by atoms with van der Waals surface area (Å²) in [5.74, 6) is 0.526. The van der Waals surface area contributed by atoms with Crippen LogP contribution in [0.5, 0.6) is 0 Å². The van der Waals surface area contributed by atoms with Gasteiger partial charge in [0.15, 0.2) is 9.84 Å². The Bertz CT molecular complexity index is 1650. The molecule has 0 aromatic carbocycles. The van der Waals surface area contributed by atoms with Crippen molar-refractivity contribution in [3.8, 4) is 11.4 Å². The van der Waals surface area contributed by atoms with Gasteiger partial charge in [-0.3, -0.25) is 14.8 Å². The van der Waals surface area contributed by atoms with Gasteiger partial charge in [0.1, 0.15) is 5.82 Å². The summed E-state index contributed by atoms with van der Waals surface area (Å²) in [5, 5.41) is 7.29. The Morgan fingerprint density at radius 3 is 2.74 bits per heavy atom. The third-order valence-corrected chi connectivity index (χ3v) is 8.09. The molecule has 1 saturated carbocycles. The molecule has 0 bridgehead atoms. The maximum Gasteiger partial charge on any atom is 0.253 e. The molecule has 1 spiro atoms. The number of sulfone groups is 1. The molecule has 2 fully saturated rings. The monoisotopic (exact) mass is 529 g/mol. The minimum atomic E-state index is -3.46. The van der Waals surface area contributed by atoms with Crippen LogP contribution in [0.4, 0.5) is 5.82 Å². The molecule has 1 saturated heterocycles. The van der Waals surface area contributed by atoms with Gasteiger partial charge in [0.2, 0.25) is 0 Å². The summed E-state index contributed by atoms with van der Waals surface area (Å²) in [6.07, 6.45) is 7.79. The number of carbonyl (C=O) groups excluding carboxylic acids is 1. The van der Waals surface area contributed by atoms with E-state index in [-0.39, 0.29) is 22.5 Å². The van der Waals surface area contributed by atoms with Crippen molar-refractivity contribution in [2.75, 3.05) is 30.8 Å². The topological polar surface area (TPSA) is 130 Å². The Balaban J connectivity index is 1.19. The molecule has 0 unspecified atom stereocenters. The lowest BCUT2D eigenvalue weighted by Gasteiger charge is -2.35. The van der Waals surface area contributed by atoms with Gasteiger partial charge in [0.05, 0.1) is 39.6 Å². The van der Waals surface area contributed by atoms with E-state index >= 15 is 0 Å². The zero-order valence-electron chi connectivity index (χ0n) is 20.9. The fraction of sp³-hybridized carbons (Fsp3) is 0.296. The number of pyridine rings is 4. The van der Waals surface area contributed by atoms with E-state index in [9.17, 15) is 13.2 Å². The molecule has 1 aliphatic carbocycles. The van der Waals surface area contributed by atoms with Crippen LogP contribution >= 0.6 is 0 Å². The molecule has 4 aromatic rings. The summed E-state index contributed by atoms with van der Waals surface area (Å²) in [5.41, 5.74) is 3.37. The van der Waals surface area contributed by atoms with Crippen molar-refractivity contribution in [2.45, 2.75) is 29.8 Å². The number of nitrogens with zero attached hydrogens (tertiary/aromatic N) is 5. The highest BCUT2D eigenvalue weighted by Gasteiger charge is 2.45. The van der Waals surface area contributed by atoms with Crippen molar-refractivity contribution in [2.24, 2.45) is 0 Å². The standard InChI is InChI=1S/C27H27N7O3S/c1-38(36,37)21-11-19(13-28-16-21)26(35)30-15-20-12-24-18(14-29-20)5-6-23(32-24)22-3-2-4-25(33-22)34-10-9-31-27(17-34)7-8-27/h2-6,11-14,16,31H,7-10,15,17H2,1H3,(H,30,35).